The average Bonchev–Trinajstić information content (AvgIpc) is 3.43. The summed E-state index contributed by atoms with van der Waals surface area (Å²) in [6.07, 6.45) is 5.87. The summed E-state index contributed by atoms with van der Waals surface area (Å²) in [7, 11) is 0. The van der Waals surface area contributed by atoms with Crippen molar-refractivity contribution in [1.29, 1.82) is 0 Å². The smallest absolute Gasteiger partial charge is 0.224 e. The Hall–Kier alpha value is -2.56. The zero-order valence-corrected chi connectivity index (χ0v) is 15.9. The zero-order valence-electron chi connectivity index (χ0n) is 15.9. The molecule has 1 amide bonds. The molecule has 1 aliphatic carbocycles. The van der Waals surface area contributed by atoms with E-state index < -0.39 is 0 Å². The lowest BCUT2D eigenvalue weighted by atomic mass is 10.1. The molecule has 4 rings (SSSR count). The number of anilines is 1. The Balaban J connectivity index is 1.26. The Morgan fingerprint density at radius 2 is 2.00 bits per heavy atom. The minimum atomic E-state index is 0.103. The highest BCUT2D eigenvalue weighted by molar-refractivity contribution is 5.79. The molecule has 1 saturated carbocycles. The first-order valence-corrected chi connectivity index (χ1v) is 9.93. The van der Waals surface area contributed by atoms with Gasteiger partial charge in [0.05, 0.1) is 24.9 Å². The molecular weight excluding hydrogens is 338 g/mol. The van der Waals surface area contributed by atoms with Crippen LogP contribution in [0, 0.1) is 0 Å². The van der Waals surface area contributed by atoms with Crippen LogP contribution in [0.5, 0.6) is 5.88 Å². The molecule has 2 heterocycles. The van der Waals surface area contributed by atoms with Gasteiger partial charge in [0.1, 0.15) is 0 Å². The van der Waals surface area contributed by atoms with Gasteiger partial charge in [-0.25, -0.2) is 4.98 Å². The molecular formula is C22H27N3O2. The summed E-state index contributed by atoms with van der Waals surface area (Å²) in [5.74, 6) is 1.51. The molecule has 1 aliphatic heterocycles. The first-order chi connectivity index (χ1) is 13.2. The van der Waals surface area contributed by atoms with Gasteiger partial charge in [0.2, 0.25) is 11.8 Å². The summed E-state index contributed by atoms with van der Waals surface area (Å²) in [5.41, 5.74) is 3.57. The molecule has 1 saturated heterocycles. The van der Waals surface area contributed by atoms with E-state index in [2.05, 4.69) is 39.5 Å². The summed E-state index contributed by atoms with van der Waals surface area (Å²) in [6, 6.07) is 12.7. The molecule has 5 heteroatoms. The molecule has 2 aliphatic rings. The molecule has 1 atom stereocenters. The van der Waals surface area contributed by atoms with Gasteiger partial charge in [0.15, 0.2) is 0 Å². The number of hydrogen-bond acceptors (Lipinski definition) is 4. The number of carbonyl (C=O) groups is 1. The van der Waals surface area contributed by atoms with Crippen LogP contribution in [0.15, 0.2) is 42.6 Å². The lowest BCUT2D eigenvalue weighted by molar-refractivity contribution is -0.121. The Morgan fingerprint density at radius 3 is 2.67 bits per heavy atom. The van der Waals surface area contributed by atoms with Crippen molar-refractivity contribution in [3.63, 3.8) is 0 Å². The van der Waals surface area contributed by atoms with Gasteiger partial charge in [-0.05, 0) is 49.3 Å². The van der Waals surface area contributed by atoms with Gasteiger partial charge < -0.3 is 15.0 Å². The van der Waals surface area contributed by atoms with E-state index in [0.717, 1.165) is 36.7 Å². The van der Waals surface area contributed by atoms with E-state index in [0.29, 0.717) is 18.9 Å². The summed E-state index contributed by atoms with van der Waals surface area (Å²) in [4.78, 5) is 19.0. The fraction of sp³-hybridized carbons (Fsp3) is 0.455. The van der Waals surface area contributed by atoms with Crippen LogP contribution >= 0.6 is 0 Å². The van der Waals surface area contributed by atoms with E-state index in [1.165, 1.54) is 18.4 Å². The average molecular weight is 365 g/mol. The van der Waals surface area contributed by atoms with Gasteiger partial charge in [0, 0.05) is 25.2 Å². The quantitative estimate of drug-likeness (QED) is 0.818. The van der Waals surface area contributed by atoms with Gasteiger partial charge in [-0.3, -0.25) is 4.79 Å². The molecule has 1 aromatic carbocycles. The number of hydrogen-bond donors (Lipinski definition) is 1. The minimum Gasteiger partial charge on any atom is -0.478 e. The van der Waals surface area contributed by atoms with Crippen LogP contribution in [0.4, 0.5) is 5.69 Å². The van der Waals surface area contributed by atoms with E-state index in [1.54, 1.807) is 0 Å². The van der Waals surface area contributed by atoms with Crippen molar-refractivity contribution in [2.24, 2.45) is 0 Å². The number of carbonyl (C=O) groups excluding carboxylic acids is 1. The van der Waals surface area contributed by atoms with Crippen LogP contribution < -0.4 is 15.0 Å². The van der Waals surface area contributed by atoms with Crippen LogP contribution in [0.2, 0.25) is 0 Å². The molecule has 1 N–H and O–H groups in total. The second-order valence-corrected chi connectivity index (χ2v) is 7.48. The maximum Gasteiger partial charge on any atom is 0.224 e. The van der Waals surface area contributed by atoms with Crippen LogP contribution in [-0.4, -0.2) is 36.6 Å². The van der Waals surface area contributed by atoms with Crippen molar-refractivity contribution in [2.75, 3.05) is 24.6 Å². The Morgan fingerprint density at radius 1 is 1.19 bits per heavy atom. The van der Waals surface area contributed by atoms with E-state index in [1.807, 2.05) is 25.3 Å². The first-order valence-electron chi connectivity index (χ1n) is 9.93. The topological polar surface area (TPSA) is 54.5 Å². The lowest BCUT2D eigenvalue weighted by Crippen LogP contribution is -2.38. The number of aromatic nitrogens is 1. The number of nitrogens with zero attached hydrogens (tertiary/aromatic N) is 2. The fourth-order valence-corrected chi connectivity index (χ4v) is 3.69. The van der Waals surface area contributed by atoms with E-state index >= 15 is 0 Å². The van der Waals surface area contributed by atoms with Crippen molar-refractivity contribution in [1.82, 2.24) is 10.3 Å². The molecule has 2 aromatic rings. The molecule has 142 valence electrons. The third-order valence-electron chi connectivity index (χ3n) is 5.32. The number of amides is 1. The van der Waals surface area contributed by atoms with E-state index in [9.17, 15) is 4.79 Å². The SMILES string of the molecule is CCOc1ccc(N2CC[C@@H](NC(=O)Cc3ccc(C4CC4)cc3)C2)cn1. The van der Waals surface area contributed by atoms with Gasteiger partial charge in [-0.2, -0.15) is 0 Å². The monoisotopic (exact) mass is 365 g/mol. The maximum absolute atomic E-state index is 12.4. The van der Waals surface area contributed by atoms with Gasteiger partial charge in [-0.1, -0.05) is 24.3 Å². The number of ether oxygens (including phenoxy) is 1. The zero-order chi connectivity index (χ0) is 18.6. The van der Waals surface area contributed by atoms with Crippen LogP contribution in [0.25, 0.3) is 0 Å². The van der Waals surface area contributed by atoms with Crippen LogP contribution in [0.1, 0.15) is 43.2 Å². The largest absolute Gasteiger partial charge is 0.478 e. The van der Waals surface area contributed by atoms with Crippen LogP contribution in [-0.2, 0) is 11.2 Å². The standard InChI is InChI=1S/C22H27N3O2/c1-2-27-22-10-9-20(14-23-22)25-12-11-19(15-25)24-21(26)13-16-3-5-17(6-4-16)18-7-8-18/h3-6,9-10,14,18-19H,2,7-8,11-13,15H2,1H3,(H,24,26)/t19-/m1/s1. The molecule has 5 nitrogen and oxygen atoms in total. The highest BCUT2D eigenvalue weighted by atomic mass is 16.5. The molecule has 0 radical (unpaired) electrons. The van der Waals surface area contributed by atoms with Crippen molar-refractivity contribution < 1.29 is 9.53 Å². The van der Waals surface area contributed by atoms with Crippen molar-refractivity contribution >= 4 is 11.6 Å². The second-order valence-electron chi connectivity index (χ2n) is 7.48. The molecule has 1 aromatic heterocycles. The second kappa shape index (κ2) is 7.99. The number of pyridine rings is 1. The van der Waals surface area contributed by atoms with Gasteiger partial charge in [0.25, 0.3) is 0 Å². The number of benzene rings is 1. The van der Waals surface area contributed by atoms with E-state index in [-0.39, 0.29) is 11.9 Å². The third kappa shape index (κ3) is 4.59. The molecule has 27 heavy (non-hydrogen) atoms. The minimum absolute atomic E-state index is 0.103. The predicted octanol–water partition coefficient (Wildman–Crippen LogP) is 3.30. The number of rotatable bonds is 7. The summed E-state index contributed by atoms with van der Waals surface area (Å²) in [6.45, 7) is 4.32. The number of nitrogens with one attached hydrogen (secondary N) is 1. The van der Waals surface area contributed by atoms with Crippen molar-refractivity contribution in [3.8, 4) is 5.88 Å². The summed E-state index contributed by atoms with van der Waals surface area (Å²) < 4.78 is 5.39. The summed E-state index contributed by atoms with van der Waals surface area (Å²) >= 11 is 0. The maximum atomic E-state index is 12.4. The predicted molar refractivity (Wildman–Crippen MR) is 106 cm³/mol. The van der Waals surface area contributed by atoms with Crippen LogP contribution in [0.3, 0.4) is 0 Å². The normalized spacial score (nSPS) is 19.1. The Bertz CT molecular complexity index is 769. The van der Waals surface area contributed by atoms with Crippen molar-refractivity contribution in [3.05, 3.63) is 53.7 Å². The van der Waals surface area contributed by atoms with E-state index in [4.69, 9.17) is 4.74 Å². The summed E-state index contributed by atoms with van der Waals surface area (Å²) in [5, 5.41) is 3.18. The van der Waals surface area contributed by atoms with Gasteiger partial charge in [-0.15, -0.1) is 0 Å². The molecule has 0 bridgehead atoms. The lowest BCUT2D eigenvalue weighted by Gasteiger charge is -2.19. The van der Waals surface area contributed by atoms with Crippen molar-refractivity contribution in [2.45, 2.75) is 44.6 Å². The molecule has 0 spiro atoms. The third-order valence-corrected chi connectivity index (χ3v) is 5.32. The Kier molecular flexibility index (Phi) is 5.28. The highest BCUT2D eigenvalue weighted by Gasteiger charge is 2.25. The highest BCUT2D eigenvalue weighted by Crippen LogP contribution is 2.39. The van der Waals surface area contributed by atoms with Gasteiger partial charge >= 0.3 is 0 Å². The molecule has 0 unspecified atom stereocenters. The fourth-order valence-electron chi connectivity index (χ4n) is 3.69. The first kappa shape index (κ1) is 17.8. The Labute approximate surface area is 160 Å². The molecule has 2 fully saturated rings.